The number of hydrogen-bond acceptors (Lipinski definition) is 1. The Morgan fingerprint density at radius 1 is 0.395 bits per heavy atom. The van der Waals surface area contributed by atoms with Gasteiger partial charge in [-0.2, -0.15) is 0 Å². The lowest BCUT2D eigenvalue weighted by atomic mass is 9.88. The quantitative estimate of drug-likeness (QED) is 0.0565. The van der Waals surface area contributed by atoms with Crippen molar-refractivity contribution in [2.24, 2.45) is 5.92 Å². The second-order valence-corrected chi connectivity index (χ2v) is 14.1. The van der Waals surface area contributed by atoms with Gasteiger partial charge in [-0.1, -0.05) is 232 Å². The molecule has 0 heterocycles. The molecule has 0 rings (SSSR count). The van der Waals surface area contributed by atoms with Crippen molar-refractivity contribution in [2.45, 2.75) is 239 Å². The number of aliphatic carboxylic acids is 1. The molecule has 0 aliphatic carbocycles. The Kier molecular flexibility index (Phi) is 35.0. The first-order valence-corrected chi connectivity index (χ1v) is 20.1. The van der Waals surface area contributed by atoms with E-state index in [0.29, 0.717) is 5.57 Å². The van der Waals surface area contributed by atoms with Gasteiger partial charge in [0.1, 0.15) is 0 Å². The molecule has 0 spiro atoms. The molecule has 0 aliphatic heterocycles. The number of carbonyl (C=O) groups is 1. The number of unbranched alkanes of at least 4 members (excludes halogenated alkanes) is 31. The Bertz CT molecular complexity index is 568. The highest BCUT2D eigenvalue weighted by atomic mass is 16.4. The molecular formula is C41H80O2. The summed E-state index contributed by atoms with van der Waals surface area (Å²) >= 11 is 0. The van der Waals surface area contributed by atoms with Crippen LogP contribution in [0.5, 0.6) is 0 Å². The molecule has 0 aromatic rings. The summed E-state index contributed by atoms with van der Waals surface area (Å²) in [5.74, 6) is -0.603. The smallest absolute Gasteiger partial charge is 0.331 e. The first-order chi connectivity index (χ1) is 21.1. The van der Waals surface area contributed by atoms with Crippen molar-refractivity contribution in [1.29, 1.82) is 0 Å². The van der Waals surface area contributed by atoms with Gasteiger partial charge < -0.3 is 5.11 Å². The van der Waals surface area contributed by atoms with Crippen LogP contribution < -0.4 is 0 Å². The molecule has 1 unspecified atom stereocenters. The number of rotatable bonds is 37. The molecule has 0 saturated carbocycles. The lowest BCUT2D eigenvalue weighted by Crippen LogP contribution is -2.12. The molecule has 0 bridgehead atoms. The number of carboxylic acid groups (broad SMARTS) is 1. The third-order valence-electron chi connectivity index (χ3n) is 9.83. The predicted octanol–water partition coefficient (Wildman–Crippen LogP) is 14.9. The Balaban J connectivity index is 3.58. The summed E-state index contributed by atoms with van der Waals surface area (Å²) in [7, 11) is 0. The van der Waals surface area contributed by atoms with Crippen molar-refractivity contribution in [1.82, 2.24) is 0 Å². The second kappa shape index (κ2) is 35.7. The van der Waals surface area contributed by atoms with E-state index < -0.39 is 5.97 Å². The highest BCUT2D eigenvalue weighted by Crippen LogP contribution is 2.25. The normalized spacial score (nSPS) is 12.1. The number of carboxylic acids is 1. The van der Waals surface area contributed by atoms with E-state index in [4.69, 9.17) is 0 Å². The van der Waals surface area contributed by atoms with Gasteiger partial charge in [-0.3, -0.25) is 0 Å². The zero-order chi connectivity index (χ0) is 31.5. The van der Waals surface area contributed by atoms with E-state index in [2.05, 4.69) is 20.4 Å². The van der Waals surface area contributed by atoms with Gasteiger partial charge in [-0.25, -0.2) is 4.79 Å². The maximum Gasteiger partial charge on any atom is 0.331 e. The summed E-state index contributed by atoms with van der Waals surface area (Å²) in [4.78, 5) is 11.6. The molecule has 256 valence electrons. The molecule has 0 aliphatic rings. The van der Waals surface area contributed by atoms with E-state index in [1.807, 2.05) is 0 Å². The van der Waals surface area contributed by atoms with Gasteiger partial charge in [0, 0.05) is 5.57 Å². The minimum atomic E-state index is -0.784. The Labute approximate surface area is 272 Å². The zero-order valence-electron chi connectivity index (χ0n) is 29.9. The van der Waals surface area contributed by atoms with Crippen LogP contribution in [0.4, 0.5) is 0 Å². The van der Waals surface area contributed by atoms with Gasteiger partial charge in [0.2, 0.25) is 0 Å². The van der Waals surface area contributed by atoms with Crippen molar-refractivity contribution in [3.63, 3.8) is 0 Å². The summed E-state index contributed by atoms with van der Waals surface area (Å²) in [6, 6.07) is 0. The minimum Gasteiger partial charge on any atom is -0.478 e. The minimum absolute atomic E-state index is 0.181. The molecule has 0 radical (unpaired) electrons. The fourth-order valence-electron chi connectivity index (χ4n) is 6.72. The molecule has 1 atom stereocenters. The van der Waals surface area contributed by atoms with Crippen LogP contribution in [0.2, 0.25) is 0 Å². The third kappa shape index (κ3) is 32.4. The molecule has 0 saturated heterocycles. The summed E-state index contributed by atoms with van der Waals surface area (Å²) < 4.78 is 0. The van der Waals surface area contributed by atoms with Crippen molar-refractivity contribution in [3.8, 4) is 0 Å². The Morgan fingerprint density at radius 3 is 0.767 bits per heavy atom. The van der Waals surface area contributed by atoms with Crippen molar-refractivity contribution < 1.29 is 9.90 Å². The fraction of sp³-hybridized carbons (Fsp3) is 0.927. The zero-order valence-corrected chi connectivity index (χ0v) is 29.9. The highest BCUT2D eigenvalue weighted by molar-refractivity contribution is 5.86. The van der Waals surface area contributed by atoms with Crippen LogP contribution in [0.25, 0.3) is 0 Å². The monoisotopic (exact) mass is 605 g/mol. The second-order valence-electron chi connectivity index (χ2n) is 14.1. The lowest BCUT2D eigenvalue weighted by molar-refractivity contribution is -0.133. The molecule has 2 nitrogen and oxygen atoms in total. The van der Waals surface area contributed by atoms with Crippen LogP contribution in [0.15, 0.2) is 12.2 Å². The average molecular weight is 605 g/mol. The predicted molar refractivity (Wildman–Crippen MR) is 193 cm³/mol. The molecule has 0 aromatic carbocycles. The number of hydrogen-bond donors (Lipinski definition) is 1. The van der Waals surface area contributed by atoms with Crippen molar-refractivity contribution in [3.05, 3.63) is 12.2 Å². The Hall–Kier alpha value is -0.790. The maximum atomic E-state index is 11.6. The standard InChI is InChI=1S/C41H80O2/c1-4-6-8-10-12-14-16-18-20-22-24-26-28-30-32-34-36-38-40(39(3)41(42)43)37-35-33-31-29-27-25-23-21-19-17-15-13-11-9-7-5-2/h40H,3-38H2,1-2H3,(H,42,43). The van der Waals surface area contributed by atoms with Gasteiger partial charge in [0.25, 0.3) is 0 Å². The van der Waals surface area contributed by atoms with Crippen molar-refractivity contribution in [2.75, 3.05) is 0 Å². The van der Waals surface area contributed by atoms with Gasteiger partial charge in [0.05, 0.1) is 0 Å². The van der Waals surface area contributed by atoms with Crippen LogP contribution in [0.3, 0.4) is 0 Å². The molecule has 0 aromatic heterocycles. The summed E-state index contributed by atoms with van der Waals surface area (Å²) in [6.07, 6.45) is 47.7. The maximum absolute atomic E-state index is 11.6. The van der Waals surface area contributed by atoms with E-state index in [0.717, 1.165) is 25.7 Å². The summed E-state index contributed by atoms with van der Waals surface area (Å²) in [5, 5.41) is 9.53. The molecule has 43 heavy (non-hydrogen) atoms. The van der Waals surface area contributed by atoms with Crippen LogP contribution >= 0.6 is 0 Å². The van der Waals surface area contributed by atoms with Crippen molar-refractivity contribution >= 4 is 5.97 Å². The largest absolute Gasteiger partial charge is 0.478 e. The fourth-order valence-corrected chi connectivity index (χ4v) is 6.72. The van der Waals surface area contributed by atoms with Gasteiger partial charge in [0.15, 0.2) is 0 Å². The third-order valence-corrected chi connectivity index (χ3v) is 9.83. The van der Waals surface area contributed by atoms with E-state index in [1.165, 1.54) is 199 Å². The van der Waals surface area contributed by atoms with E-state index in [9.17, 15) is 9.90 Å². The SMILES string of the molecule is C=C(C(=O)O)C(CCCCCCCCCCCCCCCCCC)CCCCCCCCCCCCCCCCCCC. The lowest BCUT2D eigenvalue weighted by Gasteiger charge is -2.17. The van der Waals surface area contributed by atoms with Crippen LogP contribution in [-0.4, -0.2) is 11.1 Å². The first-order valence-electron chi connectivity index (χ1n) is 20.1. The summed E-state index contributed by atoms with van der Waals surface area (Å²) in [6.45, 7) is 8.52. The molecule has 1 N–H and O–H groups in total. The van der Waals surface area contributed by atoms with E-state index in [1.54, 1.807) is 0 Å². The van der Waals surface area contributed by atoms with Crippen LogP contribution in [0.1, 0.15) is 239 Å². The summed E-state index contributed by atoms with van der Waals surface area (Å²) in [5.41, 5.74) is 0.456. The van der Waals surface area contributed by atoms with Crippen LogP contribution in [-0.2, 0) is 4.79 Å². The molecular weight excluding hydrogens is 524 g/mol. The van der Waals surface area contributed by atoms with Gasteiger partial charge >= 0.3 is 5.97 Å². The van der Waals surface area contributed by atoms with Gasteiger partial charge in [-0.15, -0.1) is 0 Å². The average Bonchev–Trinajstić information content (AvgIpc) is 3.00. The molecule has 0 amide bonds. The topological polar surface area (TPSA) is 37.3 Å². The van der Waals surface area contributed by atoms with E-state index in [-0.39, 0.29) is 5.92 Å². The highest BCUT2D eigenvalue weighted by Gasteiger charge is 2.17. The molecule has 2 heteroatoms. The first kappa shape index (κ1) is 42.2. The van der Waals surface area contributed by atoms with Gasteiger partial charge in [-0.05, 0) is 18.8 Å². The molecule has 0 fully saturated rings. The van der Waals surface area contributed by atoms with E-state index >= 15 is 0 Å². The van der Waals surface area contributed by atoms with Crippen LogP contribution in [0, 0.1) is 5.92 Å². The Morgan fingerprint density at radius 2 is 0.581 bits per heavy atom.